The van der Waals surface area contributed by atoms with Crippen LogP contribution in [0.4, 0.5) is 17.1 Å². The minimum atomic E-state index is 0.220. The Morgan fingerprint density at radius 3 is 0.978 bits per heavy atom. The van der Waals surface area contributed by atoms with Crippen molar-refractivity contribution in [2.24, 2.45) is 15.0 Å². The lowest BCUT2D eigenvalue weighted by Crippen LogP contribution is -2.03. The SMILES string of the molecule is C(=Nc1ccc(OCC2CO2)cc1)c1cc(C=Nc2ccc(OCC3CO3)cc2)cc(C=Nc2ccc(OCC3CO3)cc2)c1. The number of nitrogens with zero attached hydrogens (tertiary/aromatic N) is 3. The van der Waals surface area contributed by atoms with E-state index in [1.165, 1.54) is 0 Å². The van der Waals surface area contributed by atoms with Crippen LogP contribution in [0.5, 0.6) is 17.2 Å². The molecule has 3 unspecified atom stereocenters. The molecule has 0 saturated carbocycles. The van der Waals surface area contributed by atoms with Gasteiger partial charge in [-0.3, -0.25) is 15.0 Å². The lowest BCUT2D eigenvalue weighted by Gasteiger charge is -2.05. The van der Waals surface area contributed by atoms with Crippen molar-refractivity contribution in [1.29, 1.82) is 0 Å². The largest absolute Gasteiger partial charge is 0.491 e. The summed E-state index contributed by atoms with van der Waals surface area (Å²) in [5.74, 6) is 2.40. The summed E-state index contributed by atoms with van der Waals surface area (Å²) >= 11 is 0. The number of aliphatic imine (C=N–C) groups is 3. The van der Waals surface area contributed by atoms with Crippen molar-refractivity contribution in [2.75, 3.05) is 39.6 Å². The lowest BCUT2D eigenvalue weighted by atomic mass is 10.1. The molecule has 3 heterocycles. The van der Waals surface area contributed by atoms with Crippen LogP contribution in [-0.2, 0) is 14.2 Å². The van der Waals surface area contributed by atoms with E-state index >= 15 is 0 Å². The minimum Gasteiger partial charge on any atom is -0.491 e. The van der Waals surface area contributed by atoms with Crippen molar-refractivity contribution >= 4 is 35.7 Å². The van der Waals surface area contributed by atoms with Crippen molar-refractivity contribution in [3.63, 3.8) is 0 Å². The van der Waals surface area contributed by atoms with Gasteiger partial charge in [0.05, 0.1) is 36.9 Å². The summed E-state index contributed by atoms with van der Waals surface area (Å²) in [5, 5.41) is 0. The zero-order valence-corrected chi connectivity index (χ0v) is 24.7. The maximum absolute atomic E-state index is 5.74. The molecule has 45 heavy (non-hydrogen) atoms. The first-order valence-electron chi connectivity index (χ1n) is 15.0. The summed E-state index contributed by atoms with van der Waals surface area (Å²) in [6, 6.07) is 29.2. The molecule has 228 valence electrons. The molecule has 3 aliphatic heterocycles. The van der Waals surface area contributed by atoms with E-state index in [0.717, 1.165) is 70.8 Å². The zero-order chi connectivity index (χ0) is 30.3. The van der Waals surface area contributed by atoms with Crippen LogP contribution in [0.25, 0.3) is 0 Å². The van der Waals surface area contributed by atoms with Crippen LogP contribution in [0.2, 0.25) is 0 Å². The summed E-state index contributed by atoms with van der Waals surface area (Å²) < 4.78 is 32.8. The maximum atomic E-state index is 5.74. The van der Waals surface area contributed by atoms with E-state index in [4.69, 9.17) is 43.4 Å². The Labute approximate surface area is 261 Å². The first-order chi connectivity index (χ1) is 22.2. The van der Waals surface area contributed by atoms with Crippen molar-refractivity contribution in [2.45, 2.75) is 18.3 Å². The molecule has 0 aromatic heterocycles. The van der Waals surface area contributed by atoms with Gasteiger partial charge >= 0.3 is 0 Å². The van der Waals surface area contributed by atoms with Crippen LogP contribution in [0.15, 0.2) is 106 Å². The molecular formula is C36H33N3O6. The molecular weight excluding hydrogens is 570 g/mol. The number of rotatable bonds is 15. The smallest absolute Gasteiger partial charge is 0.119 e. The highest BCUT2D eigenvalue weighted by atomic mass is 16.6. The van der Waals surface area contributed by atoms with Crippen LogP contribution >= 0.6 is 0 Å². The molecule has 0 spiro atoms. The predicted octanol–water partition coefficient (Wildman–Crippen LogP) is 6.27. The summed E-state index contributed by atoms with van der Waals surface area (Å²) in [6.45, 7) is 4.03. The number of hydrogen-bond donors (Lipinski definition) is 0. The van der Waals surface area contributed by atoms with Gasteiger partial charge in [-0.2, -0.15) is 0 Å². The molecule has 3 aliphatic rings. The summed E-state index contributed by atoms with van der Waals surface area (Å²) in [6.07, 6.45) is 6.18. The van der Waals surface area contributed by atoms with Gasteiger partial charge < -0.3 is 28.4 Å². The van der Waals surface area contributed by atoms with Crippen LogP contribution in [0, 0.1) is 0 Å². The summed E-state index contributed by atoms with van der Waals surface area (Å²) in [7, 11) is 0. The average molecular weight is 604 g/mol. The Hall–Kier alpha value is -4.83. The molecule has 3 saturated heterocycles. The van der Waals surface area contributed by atoms with Gasteiger partial charge in [0.1, 0.15) is 55.4 Å². The second kappa shape index (κ2) is 13.9. The fourth-order valence-corrected chi connectivity index (χ4v) is 4.32. The highest BCUT2D eigenvalue weighted by Crippen LogP contribution is 2.23. The molecule has 0 bridgehead atoms. The highest BCUT2D eigenvalue weighted by Gasteiger charge is 2.24. The molecule has 0 N–H and O–H groups in total. The normalized spacial score (nSPS) is 20.1. The van der Waals surface area contributed by atoms with E-state index < -0.39 is 0 Å². The van der Waals surface area contributed by atoms with E-state index in [-0.39, 0.29) is 18.3 Å². The second-order valence-electron chi connectivity index (χ2n) is 11.0. The van der Waals surface area contributed by atoms with Crippen molar-refractivity contribution < 1.29 is 28.4 Å². The fourth-order valence-electron chi connectivity index (χ4n) is 4.32. The lowest BCUT2D eigenvalue weighted by molar-refractivity contribution is 0.263. The number of ether oxygens (including phenoxy) is 6. The van der Waals surface area contributed by atoms with Crippen LogP contribution in [-0.4, -0.2) is 76.6 Å². The molecule has 7 rings (SSSR count). The third kappa shape index (κ3) is 9.33. The van der Waals surface area contributed by atoms with E-state index in [1.807, 2.05) is 110 Å². The third-order valence-electron chi connectivity index (χ3n) is 7.11. The van der Waals surface area contributed by atoms with Crippen LogP contribution in [0.3, 0.4) is 0 Å². The van der Waals surface area contributed by atoms with Crippen molar-refractivity contribution in [3.05, 3.63) is 108 Å². The van der Waals surface area contributed by atoms with Gasteiger partial charge in [-0.15, -0.1) is 0 Å². The number of benzene rings is 4. The molecule has 0 radical (unpaired) electrons. The van der Waals surface area contributed by atoms with Gasteiger partial charge in [0.25, 0.3) is 0 Å². The predicted molar refractivity (Wildman–Crippen MR) is 173 cm³/mol. The molecule has 9 nitrogen and oxygen atoms in total. The second-order valence-corrected chi connectivity index (χ2v) is 11.0. The highest BCUT2D eigenvalue weighted by molar-refractivity contribution is 5.93. The van der Waals surface area contributed by atoms with E-state index in [2.05, 4.69) is 0 Å². The average Bonchev–Trinajstić information content (AvgIpc) is 3.92. The Bertz CT molecular complexity index is 1450. The van der Waals surface area contributed by atoms with Gasteiger partial charge in [-0.1, -0.05) is 0 Å². The first-order valence-corrected chi connectivity index (χ1v) is 15.0. The quantitative estimate of drug-likeness (QED) is 0.117. The molecule has 3 atom stereocenters. The van der Waals surface area contributed by atoms with Crippen molar-refractivity contribution in [1.82, 2.24) is 0 Å². The van der Waals surface area contributed by atoms with Gasteiger partial charge in [0.2, 0.25) is 0 Å². The Kier molecular flexibility index (Phi) is 8.90. The van der Waals surface area contributed by atoms with E-state index in [0.29, 0.717) is 19.8 Å². The first kappa shape index (κ1) is 28.9. The Morgan fingerprint density at radius 2 is 0.733 bits per heavy atom. The molecule has 9 heteroatoms. The van der Waals surface area contributed by atoms with E-state index in [1.54, 1.807) is 0 Å². The molecule has 0 amide bonds. The van der Waals surface area contributed by atoms with Gasteiger partial charge in [0, 0.05) is 18.6 Å². The molecule has 0 aliphatic carbocycles. The Morgan fingerprint density at radius 1 is 0.467 bits per heavy atom. The number of hydrogen-bond acceptors (Lipinski definition) is 9. The fraction of sp³-hybridized carbons (Fsp3) is 0.250. The third-order valence-corrected chi connectivity index (χ3v) is 7.11. The topological polar surface area (TPSA) is 102 Å². The Balaban J connectivity index is 1.06. The number of epoxide rings is 3. The minimum absolute atomic E-state index is 0.220. The summed E-state index contributed by atoms with van der Waals surface area (Å²) in [5.41, 5.74) is 5.23. The monoisotopic (exact) mass is 603 g/mol. The van der Waals surface area contributed by atoms with Crippen molar-refractivity contribution in [3.8, 4) is 17.2 Å². The molecule has 4 aromatic carbocycles. The zero-order valence-electron chi connectivity index (χ0n) is 24.7. The van der Waals surface area contributed by atoms with Gasteiger partial charge in [-0.05, 0) is 108 Å². The maximum Gasteiger partial charge on any atom is 0.119 e. The summed E-state index contributed by atoms with van der Waals surface area (Å²) in [4.78, 5) is 14.1. The van der Waals surface area contributed by atoms with E-state index in [9.17, 15) is 0 Å². The molecule has 3 fully saturated rings. The van der Waals surface area contributed by atoms with Crippen LogP contribution < -0.4 is 14.2 Å². The van der Waals surface area contributed by atoms with Gasteiger partial charge in [0.15, 0.2) is 0 Å². The standard InChI is InChI=1S/C36H33N3O6/c1-7-31(40-19-34-22-43-34)8-2-28(1)37-16-25-13-26(17-38-29-3-9-32(10-4-29)41-20-35-23-44-35)15-27(14-25)18-39-30-5-11-33(12-6-30)42-21-36-24-45-36/h1-18,34-36H,19-24H2. The van der Waals surface area contributed by atoms with Crippen LogP contribution in [0.1, 0.15) is 16.7 Å². The van der Waals surface area contributed by atoms with Gasteiger partial charge in [-0.25, -0.2) is 0 Å². The molecule has 4 aromatic rings.